The second kappa shape index (κ2) is 10.2. The van der Waals surface area contributed by atoms with Gasteiger partial charge in [-0.15, -0.1) is 11.8 Å². The summed E-state index contributed by atoms with van der Waals surface area (Å²) in [6.07, 6.45) is 0.512. The first-order chi connectivity index (χ1) is 14.0. The maximum absolute atomic E-state index is 12.4. The predicted molar refractivity (Wildman–Crippen MR) is 125 cm³/mol. The number of piperazine rings is 1. The molecule has 0 aromatic heterocycles. The lowest BCUT2D eigenvalue weighted by Crippen LogP contribution is -2.46. The Kier molecular flexibility index (Phi) is 7.62. The van der Waals surface area contributed by atoms with E-state index < -0.39 is 0 Å². The van der Waals surface area contributed by atoms with Gasteiger partial charge in [-0.1, -0.05) is 13.0 Å². The van der Waals surface area contributed by atoms with Crippen molar-refractivity contribution in [1.82, 2.24) is 4.90 Å². The molecular weight excluding hydrogens is 378 g/mol. The Hall–Kier alpha value is -1.98. The highest BCUT2D eigenvalue weighted by molar-refractivity contribution is 7.99. The number of carbonyl (C=O) groups excluding carboxylic acids is 1. The lowest BCUT2D eigenvalue weighted by Gasteiger charge is -2.35. The molecule has 0 aliphatic carbocycles. The van der Waals surface area contributed by atoms with Crippen molar-refractivity contribution in [3.8, 4) is 0 Å². The quantitative estimate of drug-likeness (QED) is 0.659. The predicted octanol–water partition coefficient (Wildman–Crippen LogP) is 4.87. The SMILES string of the molecule is CCN1CCN(c2ccc(NC(=O)CCSc3ccc(C)c(C)c3)c(C)c2)CC1. The minimum absolute atomic E-state index is 0.0775. The molecule has 0 spiro atoms. The molecule has 0 unspecified atom stereocenters. The molecule has 0 bridgehead atoms. The summed E-state index contributed by atoms with van der Waals surface area (Å²) in [4.78, 5) is 18.5. The Morgan fingerprint density at radius 1 is 0.966 bits per heavy atom. The number of hydrogen-bond donors (Lipinski definition) is 1. The molecule has 1 heterocycles. The summed E-state index contributed by atoms with van der Waals surface area (Å²) in [6, 6.07) is 12.8. The normalized spacial score (nSPS) is 14.8. The minimum atomic E-state index is 0.0775. The van der Waals surface area contributed by atoms with E-state index in [9.17, 15) is 4.79 Å². The van der Waals surface area contributed by atoms with Crippen LogP contribution in [0.25, 0.3) is 0 Å². The van der Waals surface area contributed by atoms with Crippen molar-refractivity contribution in [2.24, 2.45) is 0 Å². The lowest BCUT2D eigenvalue weighted by molar-refractivity contribution is -0.115. The van der Waals surface area contributed by atoms with Crippen molar-refractivity contribution in [3.63, 3.8) is 0 Å². The molecule has 5 heteroatoms. The molecule has 29 heavy (non-hydrogen) atoms. The summed E-state index contributed by atoms with van der Waals surface area (Å²) in [5.74, 6) is 0.862. The number of nitrogens with one attached hydrogen (secondary N) is 1. The van der Waals surface area contributed by atoms with E-state index in [1.54, 1.807) is 11.8 Å². The van der Waals surface area contributed by atoms with Crippen molar-refractivity contribution >= 4 is 29.0 Å². The van der Waals surface area contributed by atoms with Gasteiger partial charge in [-0.2, -0.15) is 0 Å². The summed E-state index contributed by atoms with van der Waals surface area (Å²) in [7, 11) is 0. The number of rotatable bonds is 7. The summed E-state index contributed by atoms with van der Waals surface area (Å²) in [5, 5.41) is 3.08. The number of nitrogens with zero attached hydrogens (tertiary/aromatic N) is 2. The van der Waals surface area contributed by atoms with Gasteiger partial charge >= 0.3 is 0 Å². The molecule has 2 aromatic carbocycles. The molecule has 0 saturated carbocycles. The summed E-state index contributed by atoms with van der Waals surface area (Å²) in [6.45, 7) is 14.0. The number of thioether (sulfide) groups is 1. The van der Waals surface area contributed by atoms with Crippen LogP contribution in [0.4, 0.5) is 11.4 Å². The lowest BCUT2D eigenvalue weighted by atomic mass is 10.1. The molecule has 3 rings (SSSR count). The van der Waals surface area contributed by atoms with Crippen molar-refractivity contribution in [1.29, 1.82) is 0 Å². The van der Waals surface area contributed by atoms with E-state index in [1.165, 1.54) is 21.7 Å². The monoisotopic (exact) mass is 411 g/mol. The fourth-order valence-corrected chi connectivity index (χ4v) is 4.53. The zero-order valence-corrected chi connectivity index (χ0v) is 18.9. The molecule has 1 amide bonds. The Balaban J connectivity index is 1.49. The van der Waals surface area contributed by atoms with Gasteiger partial charge in [0.1, 0.15) is 0 Å². The van der Waals surface area contributed by atoms with Crippen LogP contribution in [0.5, 0.6) is 0 Å². The fraction of sp³-hybridized carbons (Fsp3) is 0.458. The maximum atomic E-state index is 12.4. The van der Waals surface area contributed by atoms with Gasteiger partial charge in [0.15, 0.2) is 0 Å². The number of carbonyl (C=O) groups is 1. The van der Waals surface area contributed by atoms with Crippen LogP contribution in [0.2, 0.25) is 0 Å². The first kappa shape index (κ1) is 21.7. The third kappa shape index (κ3) is 6.00. The topological polar surface area (TPSA) is 35.6 Å². The smallest absolute Gasteiger partial charge is 0.225 e. The fourth-order valence-electron chi connectivity index (χ4n) is 3.59. The standard InChI is InChI=1S/C24H33N3OS/c1-5-26-11-13-27(14-12-26)21-7-9-23(20(4)16-21)25-24(28)10-15-29-22-8-6-18(2)19(3)17-22/h6-9,16-17H,5,10-15H2,1-4H3,(H,25,28). The summed E-state index contributed by atoms with van der Waals surface area (Å²) < 4.78 is 0. The van der Waals surface area contributed by atoms with E-state index in [4.69, 9.17) is 0 Å². The highest BCUT2D eigenvalue weighted by Crippen LogP contribution is 2.25. The number of amides is 1. The first-order valence-corrected chi connectivity index (χ1v) is 11.5. The molecular formula is C24H33N3OS. The van der Waals surface area contributed by atoms with Gasteiger partial charge in [0.25, 0.3) is 0 Å². The first-order valence-electron chi connectivity index (χ1n) is 10.5. The molecule has 1 fully saturated rings. The molecule has 1 aliphatic heterocycles. The van der Waals surface area contributed by atoms with Crippen LogP contribution < -0.4 is 10.2 Å². The van der Waals surface area contributed by atoms with Crippen LogP contribution in [0.15, 0.2) is 41.3 Å². The average molecular weight is 412 g/mol. The maximum Gasteiger partial charge on any atom is 0.225 e. The van der Waals surface area contributed by atoms with Gasteiger partial charge in [-0.05, 0) is 74.3 Å². The Bertz CT molecular complexity index is 844. The van der Waals surface area contributed by atoms with Crippen LogP contribution in [0.1, 0.15) is 30.0 Å². The third-order valence-electron chi connectivity index (χ3n) is 5.74. The van der Waals surface area contributed by atoms with Gasteiger partial charge < -0.3 is 15.1 Å². The van der Waals surface area contributed by atoms with E-state index in [1.807, 2.05) is 6.07 Å². The van der Waals surface area contributed by atoms with Gasteiger partial charge in [0, 0.05) is 54.6 Å². The van der Waals surface area contributed by atoms with Gasteiger partial charge in [0.05, 0.1) is 0 Å². The van der Waals surface area contributed by atoms with Crippen molar-refractivity contribution in [2.75, 3.05) is 48.7 Å². The van der Waals surface area contributed by atoms with Gasteiger partial charge in [-0.3, -0.25) is 4.79 Å². The number of likely N-dealkylation sites (N-methyl/N-ethyl adjacent to an activating group) is 1. The van der Waals surface area contributed by atoms with Gasteiger partial charge in [0.2, 0.25) is 5.91 Å². The van der Waals surface area contributed by atoms with E-state index in [2.05, 4.69) is 73.1 Å². The van der Waals surface area contributed by atoms with Crippen LogP contribution in [0, 0.1) is 20.8 Å². The Labute approximate surface area is 179 Å². The summed E-state index contributed by atoms with van der Waals surface area (Å²) >= 11 is 1.74. The molecule has 1 saturated heterocycles. The molecule has 0 atom stereocenters. The molecule has 1 N–H and O–H groups in total. The van der Waals surface area contributed by atoms with Gasteiger partial charge in [-0.25, -0.2) is 0 Å². The van der Waals surface area contributed by atoms with Crippen LogP contribution >= 0.6 is 11.8 Å². The summed E-state index contributed by atoms with van der Waals surface area (Å²) in [5.41, 5.74) is 5.89. The number of aryl methyl sites for hydroxylation is 3. The van der Waals surface area contributed by atoms with Crippen LogP contribution in [-0.4, -0.2) is 49.3 Å². The minimum Gasteiger partial charge on any atom is -0.369 e. The zero-order valence-electron chi connectivity index (χ0n) is 18.1. The van der Waals surface area contributed by atoms with E-state index in [0.29, 0.717) is 6.42 Å². The Morgan fingerprint density at radius 2 is 1.72 bits per heavy atom. The molecule has 2 aromatic rings. The molecule has 0 radical (unpaired) electrons. The third-order valence-corrected chi connectivity index (χ3v) is 6.74. The van der Waals surface area contributed by atoms with Crippen molar-refractivity contribution in [3.05, 3.63) is 53.1 Å². The number of benzene rings is 2. The highest BCUT2D eigenvalue weighted by Gasteiger charge is 2.16. The van der Waals surface area contributed by atoms with E-state index in [-0.39, 0.29) is 5.91 Å². The number of anilines is 2. The zero-order chi connectivity index (χ0) is 20.8. The Morgan fingerprint density at radius 3 is 2.38 bits per heavy atom. The number of hydrogen-bond acceptors (Lipinski definition) is 4. The second-order valence-electron chi connectivity index (χ2n) is 7.81. The largest absolute Gasteiger partial charge is 0.369 e. The van der Waals surface area contributed by atoms with E-state index >= 15 is 0 Å². The second-order valence-corrected chi connectivity index (χ2v) is 8.98. The average Bonchev–Trinajstić information content (AvgIpc) is 2.72. The van der Waals surface area contributed by atoms with E-state index in [0.717, 1.165) is 49.7 Å². The molecule has 4 nitrogen and oxygen atoms in total. The van der Waals surface area contributed by atoms with Crippen LogP contribution in [-0.2, 0) is 4.79 Å². The molecule has 156 valence electrons. The highest BCUT2D eigenvalue weighted by atomic mass is 32.2. The van der Waals surface area contributed by atoms with Crippen molar-refractivity contribution in [2.45, 2.75) is 39.0 Å². The molecule has 1 aliphatic rings. The van der Waals surface area contributed by atoms with Crippen molar-refractivity contribution < 1.29 is 4.79 Å². The van der Waals surface area contributed by atoms with Crippen LogP contribution in [0.3, 0.4) is 0 Å².